The van der Waals surface area contributed by atoms with Crippen molar-refractivity contribution in [2.45, 2.75) is 31.6 Å². The summed E-state index contributed by atoms with van der Waals surface area (Å²) in [5.41, 5.74) is 8.15. The molecule has 1 aliphatic heterocycles. The largest absolute Gasteiger partial charge is 0.394 e. The van der Waals surface area contributed by atoms with Crippen LogP contribution in [-0.4, -0.2) is 30.0 Å². The van der Waals surface area contributed by atoms with Gasteiger partial charge in [-0.3, -0.25) is 0 Å². The van der Waals surface area contributed by atoms with Crippen LogP contribution in [0.4, 0.5) is 0 Å². The number of ether oxygens (including phenoxy) is 1. The Morgan fingerprint density at radius 3 is 3.09 bits per heavy atom. The van der Waals surface area contributed by atoms with Crippen LogP contribution < -0.4 is 0 Å². The Balaban J connectivity index is 2.56. The summed E-state index contributed by atoms with van der Waals surface area (Å²) in [6, 6.07) is -0.194. The zero-order valence-corrected chi connectivity index (χ0v) is 6.34. The Labute approximate surface area is 64.6 Å². The summed E-state index contributed by atoms with van der Waals surface area (Å²) >= 11 is 0. The second kappa shape index (κ2) is 3.57. The van der Waals surface area contributed by atoms with Gasteiger partial charge in [-0.05, 0) is 18.9 Å². The number of aliphatic hydroxyl groups excluding tert-OH is 1. The molecule has 0 aromatic rings. The van der Waals surface area contributed by atoms with E-state index in [1.54, 1.807) is 0 Å². The first-order valence-corrected chi connectivity index (χ1v) is 3.58. The van der Waals surface area contributed by atoms with Crippen molar-refractivity contribution in [2.24, 2.45) is 5.11 Å². The predicted molar refractivity (Wildman–Crippen MR) is 39.0 cm³/mol. The van der Waals surface area contributed by atoms with Crippen molar-refractivity contribution in [3.8, 4) is 0 Å². The number of azide groups is 1. The maximum absolute atomic E-state index is 8.77. The van der Waals surface area contributed by atoms with Crippen LogP contribution in [0, 0.1) is 0 Å². The van der Waals surface area contributed by atoms with Crippen LogP contribution in [0.5, 0.6) is 0 Å². The number of rotatable bonds is 2. The lowest BCUT2D eigenvalue weighted by molar-refractivity contribution is 0.0157. The van der Waals surface area contributed by atoms with Crippen molar-refractivity contribution in [1.82, 2.24) is 0 Å². The van der Waals surface area contributed by atoms with Crippen LogP contribution in [0.25, 0.3) is 10.4 Å². The molecule has 62 valence electrons. The molecule has 0 spiro atoms. The minimum Gasteiger partial charge on any atom is -0.394 e. The Kier molecular flexibility index (Phi) is 2.70. The SMILES string of the molecule is CC1C[C@@H](N=[N+]=[N-])[C@H](CO)O1. The molecule has 0 amide bonds. The molecule has 11 heavy (non-hydrogen) atoms. The third-order valence-corrected chi connectivity index (χ3v) is 1.79. The number of aliphatic hydroxyl groups is 1. The Morgan fingerprint density at radius 2 is 2.55 bits per heavy atom. The molecular weight excluding hydrogens is 146 g/mol. The van der Waals surface area contributed by atoms with Gasteiger partial charge in [0.25, 0.3) is 0 Å². The zero-order valence-electron chi connectivity index (χ0n) is 6.34. The van der Waals surface area contributed by atoms with Gasteiger partial charge in [0.1, 0.15) is 0 Å². The predicted octanol–water partition coefficient (Wildman–Crippen LogP) is 0.835. The molecule has 0 aromatic carbocycles. The highest BCUT2D eigenvalue weighted by Gasteiger charge is 2.31. The molecular formula is C6H11N3O2. The number of nitrogens with zero attached hydrogens (tertiary/aromatic N) is 3. The molecule has 5 nitrogen and oxygen atoms in total. The van der Waals surface area contributed by atoms with Crippen LogP contribution in [-0.2, 0) is 4.74 Å². The maximum atomic E-state index is 8.77. The monoisotopic (exact) mass is 157 g/mol. The Hall–Kier alpha value is -0.770. The highest BCUT2D eigenvalue weighted by atomic mass is 16.5. The topological polar surface area (TPSA) is 78.2 Å². The van der Waals surface area contributed by atoms with E-state index in [1.807, 2.05) is 6.92 Å². The van der Waals surface area contributed by atoms with Crippen LogP contribution >= 0.6 is 0 Å². The lowest BCUT2D eigenvalue weighted by atomic mass is 10.1. The van der Waals surface area contributed by atoms with Crippen molar-refractivity contribution >= 4 is 0 Å². The zero-order chi connectivity index (χ0) is 8.27. The fourth-order valence-electron chi connectivity index (χ4n) is 1.29. The van der Waals surface area contributed by atoms with Gasteiger partial charge >= 0.3 is 0 Å². The average Bonchev–Trinajstić information content (AvgIpc) is 2.32. The summed E-state index contributed by atoms with van der Waals surface area (Å²) in [5.74, 6) is 0. The third-order valence-electron chi connectivity index (χ3n) is 1.79. The van der Waals surface area contributed by atoms with Crippen molar-refractivity contribution in [3.05, 3.63) is 10.4 Å². The van der Waals surface area contributed by atoms with E-state index >= 15 is 0 Å². The van der Waals surface area contributed by atoms with Gasteiger partial charge in [0.15, 0.2) is 0 Å². The van der Waals surface area contributed by atoms with E-state index in [9.17, 15) is 0 Å². The molecule has 0 bridgehead atoms. The summed E-state index contributed by atoms with van der Waals surface area (Å²) in [6.07, 6.45) is 0.485. The summed E-state index contributed by atoms with van der Waals surface area (Å²) < 4.78 is 5.26. The lowest BCUT2D eigenvalue weighted by Gasteiger charge is -2.09. The molecule has 0 aromatic heterocycles. The third kappa shape index (κ3) is 1.83. The quantitative estimate of drug-likeness (QED) is 0.366. The molecule has 0 saturated carbocycles. The van der Waals surface area contributed by atoms with E-state index in [1.165, 1.54) is 0 Å². The van der Waals surface area contributed by atoms with Gasteiger partial charge in [0, 0.05) is 4.91 Å². The normalized spacial score (nSPS) is 36.7. The van der Waals surface area contributed by atoms with E-state index in [0.717, 1.165) is 0 Å². The second-order valence-corrected chi connectivity index (χ2v) is 2.68. The van der Waals surface area contributed by atoms with Gasteiger partial charge < -0.3 is 9.84 Å². The number of hydrogen-bond donors (Lipinski definition) is 1. The molecule has 0 radical (unpaired) electrons. The first kappa shape index (κ1) is 8.33. The minimum atomic E-state index is -0.305. The maximum Gasteiger partial charge on any atom is 0.0894 e. The summed E-state index contributed by atoms with van der Waals surface area (Å²) in [4.78, 5) is 2.68. The van der Waals surface area contributed by atoms with Crippen LogP contribution in [0.1, 0.15) is 13.3 Å². The summed E-state index contributed by atoms with van der Waals surface area (Å²) in [7, 11) is 0. The van der Waals surface area contributed by atoms with Gasteiger partial charge in [-0.1, -0.05) is 5.11 Å². The van der Waals surface area contributed by atoms with E-state index in [-0.39, 0.29) is 24.9 Å². The smallest absolute Gasteiger partial charge is 0.0894 e. The van der Waals surface area contributed by atoms with Gasteiger partial charge in [-0.2, -0.15) is 0 Å². The Morgan fingerprint density at radius 1 is 1.82 bits per heavy atom. The van der Waals surface area contributed by atoms with E-state index in [2.05, 4.69) is 10.0 Å². The fraction of sp³-hybridized carbons (Fsp3) is 1.00. The van der Waals surface area contributed by atoms with Crippen LogP contribution in [0.3, 0.4) is 0 Å². The molecule has 1 rings (SSSR count). The number of hydrogen-bond acceptors (Lipinski definition) is 3. The molecule has 1 fully saturated rings. The van der Waals surface area contributed by atoms with Crippen molar-refractivity contribution in [3.63, 3.8) is 0 Å². The standard InChI is InChI=1S/C6H11N3O2/c1-4-2-5(8-9-7)6(3-10)11-4/h4-6,10H,2-3H2,1H3/t4?,5-,6+/m1/s1. The highest BCUT2D eigenvalue weighted by Crippen LogP contribution is 2.22. The summed E-state index contributed by atoms with van der Waals surface area (Å²) in [5, 5.41) is 12.3. The highest BCUT2D eigenvalue weighted by molar-refractivity contribution is 4.85. The molecule has 3 atom stereocenters. The van der Waals surface area contributed by atoms with Crippen LogP contribution in [0.2, 0.25) is 0 Å². The molecule has 5 heteroatoms. The van der Waals surface area contributed by atoms with E-state index in [0.29, 0.717) is 6.42 Å². The fourth-order valence-corrected chi connectivity index (χ4v) is 1.29. The van der Waals surface area contributed by atoms with Gasteiger partial charge in [-0.15, -0.1) is 0 Å². The Bertz CT molecular complexity index is 179. The molecule has 1 saturated heterocycles. The molecule has 1 heterocycles. The summed E-state index contributed by atoms with van der Waals surface area (Å²) in [6.45, 7) is 1.82. The van der Waals surface area contributed by atoms with Gasteiger partial charge in [-0.25, -0.2) is 0 Å². The van der Waals surface area contributed by atoms with Crippen LogP contribution in [0.15, 0.2) is 5.11 Å². The molecule has 1 aliphatic rings. The van der Waals surface area contributed by atoms with Gasteiger partial charge in [0.2, 0.25) is 0 Å². The van der Waals surface area contributed by atoms with Crippen molar-refractivity contribution in [1.29, 1.82) is 0 Å². The first-order chi connectivity index (χ1) is 5.27. The first-order valence-electron chi connectivity index (χ1n) is 3.58. The van der Waals surface area contributed by atoms with E-state index in [4.69, 9.17) is 15.4 Å². The second-order valence-electron chi connectivity index (χ2n) is 2.68. The molecule has 0 aliphatic carbocycles. The lowest BCUT2D eigenvalue weighted by Crippen LogP contribution is -2.22. The van der Waals surface area contributed by atoms with E-state index < -0.39 is 0 Å². The van der Waals surface area contributed by atoms with Crippen molar-refractivity contribution < 1.29 is 9.84 Å². The van der Waals surface area contributed by atoms with Gasteiger partial charge in [0.05, 0.1) is 24.9 Å². The molecule has 1 N–H and O–H groups in total. The van der Waals surface area contributed by atoms with Crippen molar-refractivity contribution in [2.75, 3.05) is 6.61 Å². The average molecular weight is 157 g/mol. The minimum absolute atomic E-state index is 0.0754. The molecule has 1 unspecified atom stereocenters.